The summed E-state index contributed by atoms with van der Waals surface area (Å²) in [6.45, 7) is 1.36. The summed E-state index contributed by atoms with van der Waals surface area (Å²) >= 11 is 11.0. The first-order valence-electron chi connectivity index (χ1n) is 7.23. The van der Waals surface area contributed by atoms with Crippen molar-refractivity contribution in [3.05, 3.63) is 53.1 Å². The molecular weight excluding hydrogens is 362 g/mol. The third-order valence-electron chi connectivity index (χ3n) is 3.12. The summed E-state index contributed by atoms with van der Waals surface area (Å²) < 4.78 is 5.30. The summed E-state index contributed by atoms with van der Waals surface area (Å²) in [5.74, 6) is -0.192. The first kappa shape index (κ1) is 18.7. The van der Waals surface area contributed by atoms with Crippen molar-refractivity contribution in [1.29, 1.82) is 0 Å². The minimum atomic E-state index is -0.349. The normalized spacial score (nSPS) is 9.88. The summed E-state index contributed by atoms with van der Waals surface area (Å²) in [6.07, 6.45) is 0. The van der Waals surface area contributed by atoms with Gasteiger partial charge < -0.3 is 20.7 Å². The minimum Gasteiger partial charge on any atom is -0.494 e. The van der Waals surface area contributed by atoms with E-state index in [1.165, 1.54) is 14.0 Å². The van der Waals surface area contributed by atoms with E-state index in [1.807, 2.05) is 0 Å². The van der Waals surface area contributed by atoms with E-state index in [2.05, 4.69) is 16.0 Å². The molecule has 0 fully saturated rings. The van der Waals surface area contributed by atoms with Crippen molar-refractivity contribution in [2.24, 2.45) is 0 Å². The Balaban J connectivity index is 2.16. The van der Waals surface area contributed by atoms with Gasteiger partial charge >= 0.3 is 0 Å². The fourth-order valence-corrected chi connectivity index (χ4v) is 2.51. The van der Waals surface area contributed by atoms with Crippen molar-refractivity contribution >= 4 is 52.1 Å². The summed E-state index contributed by atoms with van der Waals surface area (Å²) in [7, 11) is 1.48. The molecule has 2 rings (SSSR count). The van der Waals surface area contributed by atoms with Crippen molar-refractivity contribution in [3.8, 4) is 5.75 Å². The molecule has 0 aliphatic carbocycles. The number of anilines is 2. The highest BCUT2D eigenvalue weighted by Crippen LogP contribution is 2.29. The number of rotatable bonds is 4. The van der Waals surface area contributed by atoms with Gasteiger partial charge in [0.15, 0.2) is 5.11 Å². The van der Waals surface area contributed by atoms with E-state index in [4.69, 9.17) is 28.6 Å². The van der Waals surface area contributed by atoms with Crippen molar-refractivity contribution in [1.82, 2.24) is 5.32 Å². The maximum atomic E-state index is 12.4. The molecule has 25 heavy (non-hydrogen) atoms. The molecule has 8 heteroatoms. The number of hydrogen-bond acceptors (Lipinski definition) is 4. The van der Waals surface area contributed by atoms with E-state index in [0.29, 0.717) is 27.7 Å². The first-order valence-corrected chi connectivity index (χ1v) is 8.02. The third-order valence-corrected chi connectivity index (χ3v) is 3.65. The number of carbonyl (C=O) groups is 2. The zero-order valence-electron chi connectivity index (χ0n) is 13.6. The molecule has 0 aliphatic heterocycles. The molecule has 0 saturated heterocycles. The van der Waals surface area contributed by atoms with Gasteiger partial charge in [0.2, 0.25) is 5.91 Å². The van der Waals surface area contributed by atoms with E-state index >= 15 is 0 Å². The van der Waals surface area contributed by atoms with Gasteiger partial charge in [-0.05, 0) is 36.5 Å². The van der Waals surface area contributed by atoms with Gasteiger partial charge in [0.25, 0.3) is 5.91 Å². The van der Waals surface area contributed by atoms with E-state index in [0.717, 1.165) is 0 Å². The number of methoxy groups -OCH3 is 1. The quantitative estimate of drug-likeness (QED) is 0.711. The molecule has 3 N–H and O–H groups in total. The molecule has 0 bridgehead atoms. The molecule has 0 spiro atoms. The van der Waals surface area contributed by atoms with Crippen molar-refractivity contribution in [3.63, 3.8) is 0 Å². The molecular formula is C17H16ClN3O3S. The van der Waals surface area contributed by atoms with Gasteiger partial charge in [-0.3, -0.25) is 9.59 Å². The fraction of sp³-hybridized carbons (Fsp3) is 0.118. The van der Waals surface area contributed by atoms with Crippen molar-refractivity contribution < 1.29 is 14.3 Å². The molecule has 2 aromatic carbocycles. The van der Waals surface area contributed by atoms with E-state index < -0.39 is 0 Å². The maximum absolute atomic E-state index is 12.4. The van der Waals surface area contributed by atoms with Gasteiger partial charge in [-0.1, -0.05) is 23.7 Å². The van der Waals surface area contributed by atoms with Crippen LogP contribution in [0.2, 0.25) is 5.02 Å². The summed E-state index contributed by atoms with van der Waals surface area (Å²) in [5.41, 5.74) is 1.44. The highest BCUT2D eigenvalue weighted by Gasteiger charge is 2.13. The smallest absolute Gasteiger partial charge is 0.257 e. The summed E-state index contributed by atoms with van der Waals surface area (Å²) in [4.78, 5) is 23.3. The Hall–Kier alpha value is -2.64. The number of benzene rings is 2. The molecule has 6 nitrogen and oxygen atoms in total. The Morgan fingerprint density at radius 3 is 2.48 bits per heavy atom. The fourth-order valence-electron chi connectivity index (χ4n) is 2.03. The van der Waals surface area contributed by atoms with Crippen LogP contribution in [0, 0.1) is 0 Å². The number of halogens is 1. The molecule has 2 aromatic rings. The zero-order chi connectivity index (χ0) is 18.4. The van der Waals surface area contributed by atoms with E-state index in [9.17, 15) is 9.59 Å². The summed E-state index contributed by atoms with van der Waals surface area (Å²) in [5, 5.41) is 8.60. The number of ether oxygens (including phenoxy) is 1. The monoisotopic (exact) mass is 377 g/mol. The Morgan fingerprint density at radius 1 is 1.12 bits per heavy atom. The van der Waals surface area contributed by atoms with Crippen LogP contribution in [0.4, 0.5) is 11.4 Å². The van der Waals surface area contributed by atoms with E-state index in [-0.39, 0.29) is 16.9 Å². The van der Waals surface area contributed by atoms with Crippen LogP contribution in [0.15, 0.2) is 42.5 Å². The predicted octanol–water partition coefficient (Wildman–Crippen LogP) is 3.43. The number of carbonyl (C=O) groups excluding carboxylic acids is 2. The molecule has 0 aromatic heterocycles. The Morgan fingerprint density at radius 2 is 1.84 bits per heavy atom. The van der Waals surface area contributed by atoms with Crippen LogP contribution < -0.4 is 20.7 Å². The van der Waals surface area contributed by atoms with Gasteiger partial charge in [0, 0.05) is 18.7 Å². The van der Waals surface area contributed by atoms with Gasteiger partial charge in [0.1, 0.15) is 5.75 Å². The lowest BCUT2D eigenvalue weighted by Crippen LogP contribution is -2.32. The van der Waals surface area contributed by atoms with Crippen LogP contribution in [0.3, 0.4) is 0 Å². The molecule has 0 unspecified atom stereocenters. The lowest BCUT2D eigenvalue weighted by Gasteiger charge is -2.14. The van der Waals surface area contributed by atoms with Crippen LogP contribution in [0.1, 0.15) is 17.3 Å². The first-order chi connectivity index (χ1) is 11.9. The predicted molar refractivity (Wildman–Crippen MR) is 102 cm³/mol. The van der Waals surface area contributed by atoms with Crippen molar-refractivity contribution in [2.45, 2.75) is 6.92 Å². The molecule has 0 heterocycles. The van der Waals surface area contributed by atoms with Crippen LogP contribution in [0.25, 0.3) is 0 Å². The highest BCUT2D eigenvalue weighted by atomic mass is 35.5. The standard InChI is InChI=1S/C17H16ClN3O3S/c1-10(22)19-17(25)20-11-7-8-14(15(9-11)24-2)21-16(23)12-5-3-4-6-13(12)18/h3-9H,1-2H3,(H,21,23)(H2,19,20,22,25). The van der Waals surface area contributed by atoms with Crippen LogP contribution >= 0.6 is 23.8 Å². The number of amides is 2. The van der Waals surface area contributed by atoms with Gasteiger partial charge in [-0.25, -0.2) is 0 Å². The van der Waals surface area contributed by atoms with Gasteiger partial charge in [-0.15, -0.1) is 0 Å². The minimum absolute atomic E-state index is 0.169. The molecule has 2 amide bonds. The highest BCUT2D eigenvalue weighted by molar-refractivity contribution is 7.80. The van der Waals surface area contributed by atoms with E-state index in [1.54, 1.807) is 42.5 Å². The zero-order valence-corrected chi connectivity index (χ0v) is 15.1. The maximum Gasteiger partial charge on any atom is 0.257 e. The van der Waals surface area contributed by atoms with Crippen LogP contribution in [0.5, 0.6) is 5.75 Å². The molecule has 130 valence electrons. The van der Waals surface area contributed by atoms with Crippen LogP contribution in [-0.2, 0) is 4.79 Å². The lowest BCUT2D eigenvalue weighted by atomic mass is 10.2. The molecule has 0 aliphatic rings. The average Bonchev–Trinajstić information content (AvgIpc) is 2.55. The second-order valence-electron chi connectivity index (χ2n) is 4.98. The molecule has 0 saturated carbocycles. The Kier molecular flexibility index (Phi) is 6.32. The largest absolute Gasteiger partial charge is 0.494 e. The topological polar surface area (TPSA) is 79.5 Å². The van der Waals surface area contributed by atoms with Gasteiger partial charge in [0.05, 0.1) is 23.4 Å². The van der Waals surface area contributed by atoms with Gasteiger partial charge in [-0.2, -0.15) is 0 Å². The summed E-state index contributed by atoms with van der Waals surface area (Å²) in [6, 6.07) is 11.8. The third kappa shape index (κ3) is 5.17. The van der Waals surface area contributed by atoms with Crippen LogP contribution in [-0.4, -0.2) is 24.0 Å². The second-order valence-corrected chi connectivity index (χ2v) is 5.80. The second kappa shape index (κ2) is 8.46. The average molecular weight is 378 g/mol. The number of hydrogen-bond donors (Lipinski definition) is 3. The Bertz CT molecular complexity index is 827. The van der Waals surface area contributed by atoms with Crippen molar-refractivity contribution in [2.75, 3.05) is 17.7 Å². The lowest BCUT2D eigenvalue weighted by molar-refractivity contribution is -0.117. The number of thiocarbonyl (C=S) groups is 1. The SMILES string of the molecule is COc1cc(NC(=S)NC(C)=O)ccc1NC(=O)c1ccccc1Cl. The Labute approximate surface area is 155 Å². The molecule has 0 radical (unpaired) electrons. The molecule has 0 atom stereocenters. The number of nitrogens with one attached hydrogen (secondary N) is 3.